The number of carbonyl (C=O) groups is 1. The van der Waals surface area contributed by atoms with Gasteiger partial charge in [0.2, 0.25) is 0 Å². The molecule has 2 aromatic rings. The van der Waals surface area contributed by atoms with Crippen LogP contribution in [0.1, 0.15) is 49.5 Å². The Morgan fingerprint density at radius 3 is 3.00 bits per heavy atom. The summed E-state index contributed by atoms with van der Waals surface area (Å²) >= 11 is 0. The molecule has 1 amide bonds. The fourth-order valence-electron chi connectivity index (χ4n) is 3.08. The van der Waals surface area contributed by atoms with Crippen LogP contribution in [-0.4, -0.2) is 16.5 Å². The third-order valence-corrected chi connectivity index (χ3v) is 4.22. The SMILES string of the molecule is C/C=C\Cn1c(C(=O)NC2CCCCC2)cc2occc21. The maximum atomic E-state index is 12.6. The molecule has 0 saturated heterocycles. The Labute approximate surface area is 124 Å². The summed E-state index contributed by atoms with van der Waals surface area (Å²) in [7, 11) is 0. The molecule has 3 rings (SSSR count). The normalized spacial score (nSPS) is 16.8. The number of hydrogen-bond acceptors (Lipinski definition) is 2. The molecule has 1 aliphatic rings. The van der Waals surface area contributed by atoms with Crippen LogP contribution < -0.4 is 5.32 Å². The number of carbonyl (C=O) groups excluding carboxylic acids is 1. The number of furan rings is 1. The first kappa shape index (κ1) is 14.0. The Balaban J connectivity index is 1.83. The van der Waals surface area contributed by atoms with Crippen LogP contribution in [0.25, 0.3) is 11.1 Å². The molecule has 0 radical (unpaired) electrons. The van der Waals surface area contributed by atoms with Gasteiger partial charge in [-0.2, -0.15) is 0 Å². The summed E-state index contributed by atoms with van der Waals surface area (Å²) in [6.07, 6.45) is 11.6. The van der Waals surface area contributed by atoms with Gasteiger partial charge in [0.1, 0.15) is 5.69 Å². The van der Waals surface area contributed by atoms with Crippen molar-refractivity contribution < 1.29 is 9.21 Å². The Morgan fingerprint density at radius 1 is 1.43 bits per heavy atom. The van der Waals surface area contributed by atoms with E-state index in [1.54, 1.807) is 6.26 Å². The van der Waals surface area contributed by atoms with Crippen LogP contribution >= 0.6 is 0 Å². The molecule has 2 aromatic heterocycles. The lowest BCUT2D eigenvalue weighted by molar-refractivity contribution is 0.0919. The minimum Gasteiger partial charge on any atom is -0.463 e. The second kappa shape index (κ2) is 6.20. The molecule has 4 nitrogen and oxygen atoms in total. The highest BCUT2D eigenvalue weighted by molar-refractivity contribution is 5.97. The van der Waals surface area contributed by atoms with Crippen molar-refractivity contribution in [3.63, 3.8) is 0 Å². The molecule has 0 spiro atoms. The molecule has 0 unspecified atom stereocenters. The Bertz CT molecular complexity index is 645. The summed E-state index contributed by atoms with van der Waals surface area (Å²) in [6, 6.07) is 4.08. The van der Waals surface area contributed by atoms with Crippen molar-refractivity contribution in [3.8, 4) is 0 Å². The number of rotatable bonds is 4. The van der Waals surface area contributed by atoms with Crippen LogP contribution in [-0.2, 0) is 6.54 Å². The van der Waals surface area contributed by atoms with Gasteiger partial charge >= 0.3 is 0 Å². The monoisotopic (exact) mass is 286 g/mol. The number of nitrogens with one attached hydrogen (secondary N) is 1. The fourth-order valence-corrected chi connectivity index (χ4v) is 3.08. The average Bonchev–Trinajstić information content (AvgIpc) is 3.07. The van der Waals surface area contributed by atoms with Gasteiger partial charge in [0.05, 0.1) is 11.8 Å². The van der Waals surface area contributed by atoms with Gasteiger partial charge in [0, 0.05) is 24.7 Å². The number of fused-ring (bicyclic) bond motifs is 1. The highest BCUT2D eigenvalue weighted by atomic mass is 16.3. The molecule has 2 heterocycles. The van der Waals surface area contributed by atoms with Gasteiger partial charge in [-0.25, -0.2) is 0 Å². The van der Waals surface area contributed by atoms with E-state index in [9.17, 15) is 4.79 Å². The van der Waals surface area contributed by atoms with Crippen molar-refractivity contribution in [3.05, 3.63) is 36.2 Å². The van der Waals surface area contributed by atoms with Crippen molar-refractivity contribution in [2.45, 2.75) is 51.6 Å². The van der Waals surface area contributed by atoms with Crippen molar-refractivity contribution in [2.24, 2.45) is 0 Å². The van der Waals surface area contributed by atoms with Gasteiger partial charge in [-0.15, -0.1) is 0 Å². The van der Waals surface area contributed by atoms with E-state index in [1.165, 1.54) is 19.3 Å². The Hall–Kier alpha value is -1.97. The van der Waals surface area contributed by atoms with E-state index in [2.05, 4.69) is 5.32 Å². The zero-order chi connectivity index (χ0) is 14.7. The predicted octanol–water partition coefficient (Wildman–Crippen LogP) is 3.87. The van der Waals surface area contributed by atoms with Crippen LogP contribution in [0.5, 0.6) is 0 Å². The second-order valence-corrected chi connectivity index (χ2v) is 5.69. The second-order valence-electron chi connectivity index (χ2n) is 5.69. The van der Waals surface area contributed by atoms with Gasteiger partial charge in [0.25, 0.3) is 5.91 Å². The molecule has 0 bridgehead atoms. The number of hydrogen-bond donors (Lipinski definition) is 1. The molecule has 4 heteroatoms. The van der Waals surface area contributed by atoms with Gasteiger partial charge < -0.3 is 14.3 Å². The summed E-state index contributed by atoms with van der Waals surface area (Å²) in [5.41, 5.74) is 2.43. The molecule has 21 heavy (non-hydrogen) atoms. The summed E-state index contributed by atoms with van der Waals surface area (Å²) in [5.74, 6) is 0.0119. The fraction of sp³-hybridized carbons (Fsp3) is 0.471. The Kier molecular flexibility index (Phi) is 4.13. The lowest BCUT2D eigenvalue weighted by Gasteiger charge is -2.23. The molecule has 112 valence electrons. The van der Waals surface area contributed by atoms with Crippen LogP contribution in [0.15, 0.2) is 35.0 Å². The predicted molar refractivity (Wildman–Crippen MR) is 83.4 cm³/mol. The first-order valence-corrected chi connectivity index (χ1v) is 7.78. The van der Waals surface area contributed by atoms with Gasteiger partial charge in [-0.3, -0.25) is 4.79 Å². The van der Waals surface area contributed by atoms with Crippen LogP contribution in [0.2, 0.25) is 0 Å². The van der Waals surface area contributed by atoms with Crippen LogP contribution in [0, 0.1) is 0 Å². The smallest absolute Gasteiger partial charge is 0.268 e. The molecule has 1 N–H and O–H groups in total. The number of amides is 1. The summed E-state index contributed by atoms with van der Waals surface area (Å²) in [5, 5.41) is 3.18. The molecule has 0 atom stereocenters. The standard InChI is InChI=1S/C17H22N2O2/c1-2-3-10-19-14-9-11-21-16(14)12-15(19)17(20)18-13-7-5-4-6-8-13/h2-3,9,11-13H,4-8,10H2,1H3,(H,18,20)/b3-2-. The highest BCUT2D eigenvalue weighted by Gasteiger charge is 2.21. The van der Waals surface area contributed by atoms with E-state index in [-0.39, 0.29) is 5.91 Å². The van der Waals surface area contributed by atoms with Gasteiger partial charge in [-0.05, 0) is 19.8 Å². The van der Waals surface area contributed by atoms with Gasteiger partial charge in [0.15, 0.2) is 5.58 Å². The Morgan fingerprint density at radius 2 is 2.24 bits per heavy atom. The molecule has 1 aliphatic carbocycles. The molecule has 1 saturated carbocycles. The van der Waals surface area contributed by atoms with E-state index >= 15 is 0 Å². The minimum absolute atomic E-state index is 0.0119. The van der Waals surface area contributed by atoms with Crippen molar-refractivity contribution in [1.82, 2.24) is 9.88 Å². The lowest BCUT2D eigenvalue weighted by Crippen LogP contribution is -2.37. The molecular formula is C17H22N2O2. The van der Waals surface area contributed by atoms with E-state index in [4.69, 9.17) is 4.42 Å². The zero-order valence-corrected chi connectivity index (χ0v) is 12.5. The van der Waals surface area contributed by atoms with E-state index in [0.717, 1.165) is 23.9 Å². The molecule has 0 aromatic carbocycles. The number of aromatic nitrogens is 1. The third kappa shape index (κ3) is 2.89. The summed E-state index contributed by atoms with van der Waals surface area (Å²) in [4.78, 5) is 12.6. The molecular weight excluding hydrogens is 264 g/mol. The summed E-state index contributed by atoms with van der Waals surface area (Å²) in [6.45, 7) is 2.67. The molecule has 0 aliphatic heterocycles. The third-order valence-electron chi connectivity index (χ3n) is 4.22. The minimum atomic E-state index is 0.0119. The number of nitrogens with zero attached hydrogens (tertiary/aromatic N) is 1. The van der Waals surface area contributed by atoms with Gasteiger partial charge in [-0.1, -0.05) is 31.4 Å². The van der Waals surface area contributed by atoms with Crippen molar-refractivity contribution >= 4 is 17.0 Å². The van der Waals surface area contributed by atoms with E-state index in [1.807, 2.05) is 35.8 Å². The van der Waals surface area contributed by atoms with E-state index < -0.39 is 0 Å². The quantitative estimate of drug-likeness (QED) is 0.867. The number of allylic oxidation sites excluding steroid dienone is 2. The first-order chi connectivity index (χ1) is 10.3. The average molecular weight is 286 g/mol. The van der Waals surface area contributed by atoms with Crippen molar-refractivity contribution in [1.29, 1.82) is 0 Å². The molecule has 1 fully saturated rings. The van der Waals surface area contributed by atoms with Crippen LogP contribution in [0.4, 0.5) is 0 Å². The maximum absolute atomic E-state index is 12.6. The first-order valence-electron chi connectivity index (χ1n) is 7.78. The topological polar surface area (TPSA) is 47.2 Å². The maximum Gasteiger partial charge on any atom is 0.268 e. The van der Waals surface area contributed by atoms with E-state index in [0.29, 0.717) is 18.3 Å². The highest BCUT2D eigenvalue weighted by Crippen LogP contribution is 2.22. The summed E-state index contributed by atoms with van der Waals surface area (Å²) < 4.78 is 7.45. The van der Waals surface area contributed by atoms with Crippen LogP contribution in [0.3, 0.4) is 0 Å². The van der Waals surface area contributed by atoms with Crippen molar-refractivity contribution in [2.75, 3.05) is 0 Å². The lowest BCUT2D eigenvalue weighted by atomic mass is 9.95. The zero-order valence-electron chi connectivity index (χ0n) is 12.5. The largest absolute Gasteiger partial charge is 0.463 e.